The predicted octanol–water partition coefficient (Wildman–Crippen LogP) is 2.45. The van der Waals surface area contributed by atoms with Gasteiger partial charge < -0.3 is 9.64 Å². The van der Waals surface area contributed by atoms with Crippen LogP contribution >= 0.6 is 11.3 Å². The number of esters is 1. The van der Waals surface area contributed by atoms with E-state index in [1.54, 1.807) is 30.8 Å². The summed E-state index contributed by atoms with van der Waals surface area (Å²) >= 11 is 1.49. The summed E-state index contributed by atoms with van der Waals surface area (Å²) in [4.78, 5) is 26.9. The molecule has 0 bridgehead atoms. The Morgan fingerprint density at radius 2 is 2.29 bits per heavy atom. The van der Waals surface area contributed by atoms with E-state index in [1.165, 1.54) is 11.3 Å². The summed E-state index contributed by atoms with van der Waals surface area (Å²) in [6, 6.07) is 1.94. The van der Waals surface area contributed by atoms with Gasteiger partial charge in [-0.2, -0.15) is 0 Å². The van der Waals surface area contributed by atoms with Crippen LogP contribution < -0.4 is 4.90 Å². The first-order valence-electron chi connectivity index (χ1n) is 6.95. The number of aromatic nitrogens is 3. The van der Waals surface area contributed by atoms with E-state index >= 15 is 0 Å². The average molecular weight is 304 g/mol. The van der Waals surface area contributed by atoms with Gasteiger partial charge in [-0.1, -0.05) is 0 Å². The molecule has 1 aliphatic heterocycles. The molecule has 6 nitrogen and oxygen atoms in total. The Morgan fingerprint density at radius 3 is 3.05 bits per heavy atom. The van der Waals surface area contributed by atoms with Crippen LogP contribution in [0.15, 0.2) is 23.8 Å². The van der Waals surface area contributed by atoms with Crippen molar-refractivity contribution < 1.29 is 9.53 Å². The smallest absolute Gasteiger partial charge is 0.357 e. The van der Waals surface area contributed by atoms with Crippen molar-refractivity contribution in [1.82, 2.24) is 15.0 Å². The second kappa shape index (κ2) is 6.17. The van der Waals surface area contributed by atoms with E-state index in [1.807, 2.05) is 0 Å². The highest BCUT2D eigenvalue weighted by Gasteiger charge is 2.30. The zero-order chi connectivity index (χ0) is 14.7. The van der Waals surface area contributed by atoms with E-state index in [-0.39, 0.29) is 12.0 Å². The van der Waals surface area contributed by atoms with Crippen molar-refractivity contribution in [2.75, 3.05) is 18.1 Å². The second-order valence-corrected chi connectivity index (χ2v) is 5.58. The summed E-state index contributed by atoms with van der Waals surface area (Å²) in [6.07, 6.45) is 5.54. The lowest BCUT2D eigenvalue weighted by atomic mass is 10.2. The van der Waals surface area contributed by atoms with Gasteiger partial charge in [-0.15, -0.1) is 11.3 Å². The number of rotatable bonds is 4. The first kappa shape index (κ1) is 13.9. The van der Waals surface area contributed by atoms with Crippen molar-refractivity contribution >= 4 is 23.3 Å². The van der Waals surface area contributed by atoms with Crippen LogP contribution in [0, 0.1) is 0 Å². The minimum atomic E-state index is -0.361. The Bertz CT molecular complexity index is 616. The van der Waals surface area contributed by atoms with Gasteiger partial charge in [0.15, 0.2) is 5.69 Å². The molecular weight excluding hydrogens is 288 g/mol. The molecule has 110 valence electrons. The third kappa shape index (κ3) is 2.87. The van der Waals surface area contributed by atoms with Gasteiger partial charge in [0.1, 0.15) is 5.01 Å². The van der Waals surface area contributed by atoms with E-state index in [0.29, 0.717) is 18.2 Å². The molecule has 2 aromatic heterocycles. The minimum absolute atomic E-state index is 0.139. The maximum Gasteiger partial charge on any atom is 0.357 e. The van der Waals surface area contributed by atoms with Crippen molar-refractivity contribution in [3.8, 4) is 0 Å². The fraction of sp³-hybridized carbons (Fsp3) is 0.429. The maximum atomic E-state index is 11.7. The van der Waals surface area contributed by atoms with E-state index in [4.69, 9.17) is 4.74 Å². The first-order valence-corrected chi connectivity index (χ1v) is 7.83. The summed E-state index contributed by atoms with van der Waals surface area (Å²) in [5, 5.41) is 2.68. The predicted molar refractivity (Wildman–Crippen MR) is 79.4 cm³/mol. The fourth-order valence-electron chi connectivity index (χ4n) is 2.44. The fourth-order valence-corrected chi connectivity index (χ4v) is 3.38. The zero-order valence-corrected chi connectivity index (χ0v) is 12.5. The topological polar surface area (TPSA) is 68.2 Å². The quantitative estimate of drug-likeness (QED) is 0.808. The molecule has 7 heteroatoms. The third-order valence-corrected chi connectivity index (χ3v) is 4.30. The molecule has 1 fully saturated rings. The zero-order valence-electron chi connectivity index (χ0n) is 11.7. The summed E-state index contributed by atoms with van der Waals surface area (Å²) < 4.78 is 4.98. The van der Waals surface area contributed by atoms with Crippen molar-refractivity contribution in [2.24, 2.45) is 0 Å². The molecular formula is C14H16N4O2S. The van der Waals surface area contributed by atoms with Gasteiger partial charge in [0.05, 0.1) is 12.6 Å². The molecule has 2 aromatic rings. The van der Waals surface area contributed by atoms with Crippen molar-refractivity contribution in [3.63, 3.8) is 0 Å². The second-order valence-electron chi connectivity index (χ2n) is 4.69. The monoisotopic (exact) mass is 304 g/mol. The van der Waals surface area contributed by atoms with Gasteiger partial charge in [0.25, 0.3) is 0 Å². The molecule has 0 saturated carbocycles. The number of thiazole rings is 1. The molecule has 0 aliphatic carbocycles. The van der Waals surface area contributed by atoms with Crippen molar-refractivity contribution in [1.29, 1.82) is 0 Å². The number of ether oxygens (including phenoxy) is 1. The van der Waals surface area contributed by atoms with Crippen LogP contribution in [0.3, 0.4) is 0 Å². The van der Waals surface area contributed by atoms with Crippen molar-refractivity contribution in [2.45, 2.75) is 25.8 Å². The Hall–Kier alpha value is -2.02. The Morgan fingerprint density at radius 1 is 1.48 bits per heavy atom. The normalized spacial score (nSPS) is 18.0. The third-order valence-electron chi connectivity index (χ3n) is 3.35. The SMILES string of the molecule is CCOC(=O)c1csc([C@@H]2CCCN2c2ncccn2)n1. The number of carbonyl (C=O) groups excluding carboxylic acids is 1. The Kier molecular flexibility index (Phi) is 4.10. The van der Waals surface area contributed by atoms with Crippen LogP contribution in [0.4, 0.5) is 5.95 Å². The van der Waals surface area contributed by atoms with Crippen LogP contribution in [0.2, 0.25) is 0 Å². The maximum absolute atomic E-state index is 11.7. The summed E-state index contributed by atoms with van der Waals surface area (Å²) in [5.41, 5.74) is 0.387. The van der Waals surface area contributed by atoms with E-state index < -0.39 is 0 Å². The molecule has 3 rings (SSSR count). The van der Waals surface area contributed by atoms with Gasteiger partial charge in [-0.05, 0) is 25.8 Å². The van der Waals surface area contributed by atoms with Crippen LogP contribution in [0.1, 0.15) is 41.3 Å². The number of hydrogen-bond donors (Lipinski definition) is 0. The van der Waals surface area contributed by atoms with Crippen LogP contribution in [-0.2, 0) is 4.74 Å². The lowest BCUT2D eigenvalue weighted by molar-refractivity contribution is 0.0520. The lowest BCUT2D eigenvalue weighted by Gasteiger charge is -2.22. The molecule has 1 atom stereocenters. The molecule has 0 aromatic carbocycles. The molecule has 0 unspecified atom stereocenters. The average Bonchev–Trinajstić information content (AvgIpc) is 3.17. The van der Waals surface area contributed by atoms with Crippen LogP contribution in [-0.4, -0.2) is 34.1 Å². The highest BCUT2D eigenvalue weighted by atomic mass is 32.1. The minimum Gasteiger partial charge on any atom is -0.461 e. The largest absolute Gasteiger partial charge is 0.461 e. The molecule has 0 spiro atoms. The van der Waals surface area contributed by atoms with E-state index in [9.17, 15) is 4.79 Å². The van der Waals surface area contributed by atoms with Gasteiger partial charge in [-0.25, -0.2) is 19.7 Å². The molecule has 0 amide bonds. The van der Waals surface area contributed by atoms with E-state index in [0.717, 1.165) is 24.4 Å². The standard InChI is InChI=1S/C14H16N4O2S/c1-2-20-13(19)10-9-21-12(17-10)11-5-3-8-18(11)14-15-6-4-7-16-14/h4,6-7,9,11H,2-3,5,8H2,1H3/t11-/m0/s1. The summed E-state index contributed by atoms with van der Waals surface area (Å²) in [6.45, 7) is 3.05. The molecule has 1 saturated heterocycles. The molecule has 3 heterocycles. The van der Waals surface area contributed by atoms with Gasteiger partial charge in [0.2, 0.25) is 5.95 Å². The molecule has 1 aliphatic rings. The number of hydrogen-bond acceptors (Lipinski definition) is 7. The highest BCUT2D eigenvalue weighted by molar-refractivity contribution is 7.09. The lowest BCUT2D eigenvalue weighted by Crippen LogP contribution is -2.24. The number of carbonyl (C=O) groups is 1. The molecule has 21 heavy (non-hydrogen) atoms. The molecule has 0 radical (unpaired) electrons. The summed E-state index contributed by atoms with van der Waals surface area (Å²) in [7, 11) is 0. The van der Waals surface area contributed by atoms with Gasteiger partial charge >= 0.3 is 5.97 Å². The summed E-state index contributed by atoms with van der Waals surface area (Å²) in [5.74, 6) is 0.355. The van der Waals surface area contributed by atoms with Gasteiger partial charge in [0, 0.05) is 24.3 Å². The number of anilines is 1. The molecule has 0 N–H and O–H groups in total. The van der Waals surface area contributed by atoms with E-state index in [2.05, 4.69) is 19.9 Å². The Labute approximate surface area is 126 Å². The number of nitrogens with zero attached hydrogens (tertiary/aromatic N) is 4. The first-order chi connectivity index (χ1) is 10.3. The van der Waals surface area contributed by atoms with Crippen molar-refractivity contribution in [3.05, 3.63) is 34.5 Å². The van der Waals surface area contributed by atoms with Crippen LogP contribution in [0.25, 0.3) is 0 Å². The highest BCUT2D eigenvalue weighted by Crippen LogP contribution is 2.35. The van der Waals surface area contributed by atoms with Gasteiger partial charge in [-0.3, -0.25) is 0 Å². The van der Waals surface area contributed by atoms with Crippen LogP contribution in [0.5, 0.6) is 0 Å². The Balaban J connectivity index is 1.81.